The van der Waals surface area contributed by atoms with E-state index in [1.807, 2.05) is 18.2 Å². The van der Waals surface area contributed by atoms with Gasteiger partial charge in [-0.2, -0.15) is 0 Å². The van der Waals surface area contributed by atoms with Crippen molar-refractivity contribution in [1.82, 2.24) is 9.97 Å². The molecular formula is C11H13N3O2. The largest absolute Gasteiger partial charge is 0.463 e. The van der Waals surface area contributed by atoms with Gasteiger partial charge >= 0.3 is 0 Å². The van der Waals surface area contributed by atoms with Crippen LogP contribution in [-0.2, 0) is 4.74 Å². The highest BCUT2D eigenvalue weighted by Gasteiger charge is 2.03. The van der Waals surface area contributed by atoms with Crippen LogP contribution in [0.5, 0.6) is 0 Å². The Hall–Kier alpha value is -1.88. The summed E-state index contributed by atoms with van der Waals surface area (Å²) in [6.45, 7) is 1.35. The van der Waals surface area contributed by atoms with E-state index in [-0.39, 0.29) is 0 Å². The monoisotopic (exact) mass is 219 g/mol. The maximum Gasteiger partial charge on any atom is 0.152 e. The summed E-state index contributed by atoms with van der Waals surface area (Å²) in [7, 11) is 1.66. The molecule has 0 unspecified atom stereocenters. The van der Waals surface area contributed by atoms with Crippen molar-refractivity contribution in [2.75, 3.05) is 25.6 Å². The molecule has 16 heavy (non-hydrogen) atoms. The van der Waals surface area contributed by atoms with Gasteiger partial charge in [0.05, 0.1) is 12.9 Å². The molecule has 0 aromatic carbocycles. The molecule has 0 aliphatic heterocycles. The highest BCUT2D eigenvalue weighted by molar-refractivity contribution is 5.56. The molecule has 1 N–H and O–H groups in total. The number of rotatable bonds is 5. The first-order valence-corrected chi connectivity index (χ1v) is 4.99. The van der Waals surface area contributed by atoms with E-state index in [9.17, 15) is 0 Å². The molecule has 0 saturated heterocycles. The third kappa shape index (κ3) is 2.58. The lowest BCUT2D eigenvalue weighted by Gasteiger charge is -2.04. The second kappa shape index (κ2) is 5.27. The molecule has 84 valence electrons. The van der Waals surface area contributed by atoms with Crippen LogP contribution in [0.4, 0.5) is 5.82 Å². The van der Waals surface area contributed by atoms with Crippen molar-refractivity contribution in [3.8, 4) is 11.5 Å². The number of aromatic nitrogens is 2. The normalized spacial score (nSPS) is 10.3. The molecule has 5 nitrogen and oxygen atoms in total. The van der Waals surface area contributed by atoms with Gasteiger partial charge in [-0.25, -0.2) is 9.97 Å². The van der Waals surface area contributed by atoms with E-state index in [2.05, 4.69) is 15.3 Å². The summed E-state index contributed by atoms with van der Waals surface area (Å²) in [5.41, 5.74) is 0.764. The molecule has 0 bridgehead atoms. The average molecular weight is 219 g/mol. The van der Waals surface area contributed by atoms with Crippen molar-refractivity contribution in [3.63, 3.8) is 0 Å². The van der Waals surface area contributed by atoms with Crippen LogP contribution in [0.1, 0.15) is 0 Å². The number of anilines is 1. The van der Waals surface area contributed by atoms with Gasteiger partial charge in [-0.1, -0.05) is 0 Å². The molecule has 5 heteroatoms. The van der Waals surface area contributed by atoms with Crippen LogP contribution >= 0.6 is 0 Å². The lowest BCUT2D eigenvalue weighted by atomic mass is 10.3. The summed E-state index contributed by atoms with van der Waals surface area (Å²) in [5.74, 6) is 1.50. The molecule has 0 atom stereocenters. The maximum atomic E-state index is 5.26. The van der Waals surface area contributed by atoms with Gasteiger partial charge in [0.2, 0.25) is 0 Å². The Morgan fingerprint density at radius 3 is 3.12 bits per heavy atom. The van der Waals surface area contributed by atoms with Gasteiger partial charge in [0.25, 0.3) is 0 Å². The molecule has 2 aromatic rings. The molecule has 0 radical (unpaired) electrons. The molecular weight excluding hydrogens is 206 g/mol. The molecule has 0 fully saturated rings. The van der Waals surface area contributed by atoms with Crippen LogP contribution in [0.25, 0.3) is 11.5 Å². The predicted molar refractivity (Wildman–Crippen MR) is 60.1 cm³/mol. The number of hydrogen-bond acceptors (Lipinski definition) is 5. The molecule has 2 rings (SSSR count). The lowest BCUT2D eigenvalue weighted by molar-refractivity contribution is 0.210. The van der Waals surface area contributed by atoms with Crippen LogP contribution in [0.2, 0.25) is 0 Å². The van der Waals surface area contributed by atoms with Gasteiger partial charge in [0.1, 0.15) is 17.8 Å². The second-order valence-corrected chi connectivity index (χ2v) is 3.19. The molecule has 2 heterocycles. The zero-order chi connectivity index (χ0) is 11.2. The van der Waals surface area contributed by atoms with E-state index in [0.717, 1.165) is 17.3 Å². The third-order valence-electron chi connectivity index (χ3n) is 2.05. The number of nitrogens with zero attached hydrogens (tertiary/aromatic N) is 2. The summed E-state index contributed by atoms with van der Waals surface area (Å²) in [6, 6.07) is 5.53. The zero-order valence-electron chi connectivity index (χ0n) is 9.01. The fraction of sp³-hybridized carbons (Fsp3) is 0.273. The molecule has 0 spiro atoms. The van der Waals surface area contributed by atoms with Gasteiger partial charge < -0.3 is 14.5 Å². The quantitative estimate of drug-likeness (QED) is 0.777. The third-order valence-corrected chi connectivity index (χ3v) is 2.05. The highest BCUT2D eigenvalue weighted by atomic mass is 16.5. The highest BCUT2D eigenvalue weighted by Crippen LogP contribution is 2.18. The van der Waals surface area contributed by atoms with Crippen molar-refractivity contribution in [3.05, 3.63) is 30.8 Å². The molecule has 0 saturated carbocycles. The number of ether oxygens (including phenoxy) is 1. The minimum absolute atomic E-state index is 0.639. The fourth-order valence-electron chi connectivity index (χ4n) is 1.29. The number of hydrogen-bond donors (Lipinski definition) is 1. The second-order valence-electron chi connectivity index (χ2n) is 3.19. The Labute approximate surface area is 93.5 Å². The lowest BCUT2D eigenvalue weighted by Crippen LogP contribution is -2.08. The molecule has 2 aromatic heterocycles. The van der Waals surface area contributed by atoms with Crippen molar-refractivity contribution in [2.24, 2.45) is 0 Å². The van der Waals surface area contributed by atoms with Gasteiger partial charge in [-0.05, 0) is 12.1 Å². The SMILES string of the molecule is COCCNc1cc(-c2ccco2)ncn1. The Morgan fingerprint density at radius 2 is 2.38 bits per heavy atom. The fourth-order valence-corrected chi connectivity index (χ4v) is 1.29. The van der Waals surface area contributed by atoms with E-state index in [0.29, 0.717) is 13.2 Å². The van der Waals surface area contributed by atoms with Gasteiger partial charge in [-0.15, -0.1) is 0 Å². The summed E-state index contributed by atoms with van der Waals surface area (Å²) < 4.78 is 10.2. The van der Waals surface area contributed by atoms with Crippen LogP contribution in [0.3, 0.4) is 0 Å². The van der Waals surface area contributed by atoms with Crippen molar-refractivity contribution < 1.29 is 9.15 Å². The minimum atomic E-state index is 0.639. The van der Waals surface area contributed by atoms with E-state index >= 15 is 0 Å². The summed E-state index contributed by atoms with van der Waals surface area (Å²) in [4.78, 5) is 8.24. The smallest absolute Gasteiger partial charge is 0.152 e. The zero-order valence-corrected chi connectivity index (χ0v) is 9.01. The van der Waals surface area contributed by atoms with Gasteiger partial charge in [0.15, 0.2) is 5.76 Å². The first kappa shape index (κ1) is 10.6. The van der Waals surface area contributed by atoms with Crippen LogP contribution in [0, 0.1) is 0 Å². The molecule has 0 amide bonds. The topological polar surface area (TPSA) is 60.2 Å². The summed E-state index contributed by atoms with van der Waals surface area (Å²) in [6.07, 6.45) is 3.13. The first-order chi connectivity index (χ1) is 7.90. The average Bonchev–Trinajstić information content (AvgIpc) is 2.83. The van der Waals surface area contributed by atoms with Gasteiger partial charge in [0, 0.05) is 19.7 Å². The van der Waals surface area contributed by atoms with Crippen molar-refractivity contribution in [2.45, 2.75) is 0 Å². The van der Waals surface area contributed by atoms with Crippen LogP contribution in [0.15, 0.2) is 35.2 Å². The first-order valence-electron chi connectivity index (χ1n) is 4.99. The standard InChI is InChI=1S/C11H13N3O2/c1-15-6-4-12-11-7-9(13-8-14-11)10-3-2-5-16-10/h2-3,5,7-8H,4,6H2,1H3,(H,12,13,14). The van der Waals surface area contributed by atoms with Crippen molar-refractivity contribution >= 4 is 5.82 Å². The van der Waals surface area contributed by atoms with Gasteiger partial charge in [-0.3, -0.25) is 0 Å². The van der Waals surface area contributed by atoms with Crippen LogP contribution < -0.4 is 5.32 Å². The Bertz CT molecular complexity index is 429. The molecule has 0 aliphatic rings. The Balaban J connectivity index is 2.08. The predicted octanol–water partition coefficient (Wildman–Crippen LogP) is 1.79. The number of furan rings is 1. The Kier molecular flexibility index (Phi) is 3.50. The Morgan fingerprint density at radius 1 is 1.44 bits per heavy atom. The number of methoxy groups -OCH3 is 1. The summed E-state index contributed by atoms with van der Waals surface area (Å²) >= 11 is 0. The van der Waals surface area contributed by atoms with Crippen molar-refractivity contribution in [1.29, 1.82) is 0 Å². The minimum Gasteiger partial charge on any atom is -0.463 e. The van der Waals surface area contributed by atoms with E-state index in [1.165, 1.54) is 6.33 Å². The molecule has 0 aliphatic carbocycles. The number of nitrogens with one attached hydrogen (secondary N) is 1. The van der Waals surface area contributed by atoms with E-state index < -0.39 is 0 Å². The summed E-state index contributed by atoms with van der Waals surface area (Å²) in [5, 5.41) is 3.13. The van der Waals surface area contributed by atoms with Crippen LogP contribution in [-0.4, -0.2) is 30.2 Å². The van der Waals surface area contributed by atoms with E-state index in [1.54, 1.807) is 13.4 Å². The van der Waals surface area contributed by atoms with E-state index in [4.69, 9.17) is 9.15 Å². The maximum absolute atomic E-state index is 5.26.